The first kappa shape index (κ1) is 44.8. The number of hydrogen-bond donors (Lipinski definition) is 4. The minimum absolute atomic E-state index is 0.0805. The van der Waals surface area contributed by atoms with Gasteiger partial charge in [-0.05, 0) is 74.5 Å². The molecule has 3 aromatic carbocycles. The number of benzene rings is 3. The second-order valence-electron chi connectivity index (χ2n) is 15.7. The smallest absolute Gasteiger partial charge is 0.441 e. The van der Waals surface area contributed by atoms with E-state index in [0.29, 0.717) is 50.0 Å². The molecular weight excluding hydrogens is 723 g/mol. The van der Waals surface area contributed by atoms with Gasteiger partial charge in [-0.1, -0.05) is 99.7 Å². The Bertz CT molecular complexity index is 1640. The van der Waals surface area contributed by atoms with Crippen LogP contribution in [-0.2, 0) is 32.1 Å². The highest BCUT2D eigenvalue weighted by Crippen LogP contribution is 2.32. The molecule has 0 fully saturated rings. The Morgan fingerprint density at radius 3 is 1.96 bits per heavy atom. The van der Waals surface area contributed by atoms with E-state index >= 15 is 0 Å². The molecule has 0 radical (unpaired) electrons. The van der Waals surface area contributed by atoms with Crippen molar-refractivity contribution >= 4 is 26.4 Å². The fraction of sp³-hybridized carbons (Fsp3) is 0.488. The first-order valence-electron chi connectivity index (χ1n) is 18.6. The summed E-state index contributed by atoms with van der Waals surface area (Å²) in [4.78, 5) is 45.7. The number of nitrogens with zero attached hydrogens (tertiary/aromatic N) is 1. The normalized spacial score (nSPS) is 12.9. The highest BCUT2D eigenvalue weighted by atomic mass is 28.3. The Kier molecular flexibility index (Phi) is 16.5. The summed E-state index contributed by atoms with van der Waals surface area (Å²) in [5, 5.41) is 25.5. The summed E-state index contributed by atoms with van der Waals surface area (Å²) in [6.07, 6.45) is -2.41. The number of carbonyl (C=O) groups is 3. The number of aliphatic hydroxyl groups is 2. The maximum absolute atomic E-state index is 13.8. The molecule has 3 amide bonds. The molecule has 0 heterocycles. The van der Waals surface area contributed by atoms with Crippen LogP contribution in [-0.4, -0.2) is 84.9 Å². The van der Waals surface area contributed by atoms with Gasteiger partial charge < -0.3 is 34.0 Å². The molecular formula is C41H59N3O10Si. The Balaban J connectivity index is 1.84. The number of alkyl carbamates (subject to hydrolysis) is 1. The standard InChI is InChI=1S/C41H59N3O10Si/c1-9-10-24-44(38(47)54-43-37(46)53-39(2,3)4)41(40(5,48)49,42-36(45)52-27-28-55(6,7)8)29-31-16-18-33(19-17-31)34-20-22-35(23-21-34)51-26-25-50-30-32-14-12-11-13-15-32/h11-23,48-49H,9-10,24-30H2,1-8H3,(H,42,45)(H,43,46). The van der Waals surface area contributed by atoms with E-state index in [-0.39, 0.29) is 19.6 Å². The second-order valence-corrected chi connectivity index (χ2v) is 21.3. The van der Waals surface area contributed by atoms with Crippen molar-refractivity contribution < 1.29 is 48.4 Å². The molecule has 0 bridgehead atoms. The van der Waals surface area contributed by atoms with Gasteiger partial charge in [0.1, 0.15) is 18.0 Å². The average molecular weight is 782 g/mol. The fourth-order valence-corrected chi connectivity index (χ4v) is 6.15. The van der Waals surface area contributed by atoms with Gasteiger partial charge in [0.05, 0.1) is 19.8 Å². The second kappa shape index (κ2) is 20.3. The van der Waals surface area contributed by atoms with Gasteiger partial charge in [0.2, 0.25) is 5.79 Å². The van der Waals surface area contributed by atoms with Gasteiger partial charge in [-0.25, -0.2) is 14.4 Å². The summed E-state index contributed by atoms with van der Waals surface area (Å²) in [7, 11) is -1.59. The van der Waals surface area contributed by atoms with Gasteiger partial charge in [0, 0.05) is 21.0 Å². The molecule has 4 N–H and O–H groups in total. The summed E-state index contributed by atoms with van der Waals surface area (Å²) in [6, 6.07) is 25.4. The molecule has 3 rings (SSSR count). The van der Waals surface area contributed by atoms with Crippen molar-refractivity contribution in [1.82, 2.24) is 15.7 Å². The number of ether oxygens (including phenoxy) is 4. The van der Waals surface area contributed by atoms with Crippen molar-refractivity contribution in [2.24, 2.45) is 0 Å². The average Bonchev–Trinajstić information content (AvgIpc) is 3.10. The summed E-state index contributed by atoms with van der Waals surface area (Å²) >= 11 is 0. The SMILES string of the molecule is CCCCN(C(=O)ONC(=O)OC(C)(C)C)C(Cc1ccc(-c2ccc(OCCOCc3ccccc3)cc2)cc1)(NC(=O)OCC[Si](C)(C)C)C(C)(O)O. The zero-order valence-electron chi connectivity index (χ0n) is 33.5. The lowest BCUT2D eigenvalue weighted by Crippen LogP contribution is -2.74. The van der Waals surface area contributed by atoms with Gasteiger partial charge in [0.15, 0.2) is 5.66 Å². The lowest BCUT2D eigenvalue weighted by Gasteiger charge is -2.48. The molecule has 0 aliphatic carbocycles. The van der Waals surface area contributed by atoms with E-state index in [1.165, 1.54) is 0 Å². The molecule has 302 valence electrons. The molecule has 0 aromatic heterocycles. The van der Waals surface area contributed by atoms with Crippen LogP contribution < -0.4 is 15.5 Å². The van der Waals surface area contributed by atoms with Crippen LogP contribution in [0, 0.1) is 0 Å². The Morgan fingerprint density at radius 2 is 1.40 bits per heavy atom. The highest BCUT2D eigenvalue weighted by Gasteiger charge is 2.55. The van der Waals surface area contributed by atoms with E-state index in [1.54, 1.807) is 32.9 Å². The maximum atomic E-state index is 13.8. The lowest BCUT2D eigenvalue weighted by molar-refractivity contribution is -0.240. The third kappa shape index (κ3) is 15.2. The molecule has 55 heavy (non-hydrogen) atoms. The maximum Gasteiger partial charge on any atom is 0.441 e. The molecule has 0 saturated carbocycles. The zero-order chi connectivity index (χ0) is 40.7. The van der Waals surface area contributed by atoms with Gasteiger partial charge in [-0.2, -0.15) is 0 Å². The fourth-order valence-electron chi connectivity index (χ4n) is 5.43. The number of rotatable bonds is 18. The quantitative estimate of drug-likeness (QED) is 0.0332. The van der Waals surface area contributed by atoms with Crippen molar-refractivity contribution in [3.8, 4) is 16.9 Å². The molecule has 0 spiro atoms. The topological polar surface area (TPSA) is 165 Å². The first-order valence-corrected chi connectivity index (χ1v) is 22.3. The van der Waals surface area contributed by atoms with Crippen LogP contribution >= 0.6 is 0 Å². The Labute approximate surface area is 326 Å². The third-order valence-electron chi connectivity index (χ3n) is 8.42. The van der Waals surface area contributed by atoms with E-state index < -0.39 is 43.4 Å². The summed E-state index contributed by atoms with van der Waals surface area (Å²) in [5.41, 5.74) is 2.29. The van der Waals surface area contributed by atoms with Crippen LogP contribution in [0.2, 0.25) is 25.7 Å². The highest BCUT2D eigenvalue weighted by molar-refractivity contribution is 6.76. The minimum atomic E-state index is -2.75. The predicted octanol–water partition coefficient (Wildman–Crippen LogP) is 7.63. The van der Waals surface area contributed by atoms with Crippen LogP contribution in [0.15, 0.2) is 78.9 Å². The van der Waals surface area contributed by atoms with E-state index in [1.807, 2.05) is 79.1 Å². The van der Waals surface area contributed by atoms with E-state index in [2.05, 4.69) is 25.0 Å². The number of hydroxylamine groups is 1. The van der Waals surface area contributed by atoms with Crippen molar-refractivity contribution in [2.75, 3.05) is 26.4 Å². The van der Waals surface area contributed by atoms with Gasteiger partial charge in [-0.3, -0.25) is 10.2 Å². The van der Waals surface area contributed by atoms with Gasteiger partial charge in [0.25, 0.3) is 0 Å². The summed E-state index contributed by atoms with van der Waals surface area (Å²) in [5.74, 6) is -2.05. The van der Waals surface area contributed by atoms with Crippen LogP contribution in [0.5, 0.6) is 5.75 Å². The first-order chi connectivity index (χ1) is 25.8. The Hall–Kier alpha value is -4.63. The number of amides is 3. The minimum Gasteiger partial charge on any atom is -0.491 e. The van der Waals surface area contributed by atoms with Gasteiger partial charge in [-0.15, -0.1) is 5.48 Å². The van der Waals surface area contributed by atoms with Gasteiger partial charge >= 0.3 is 18.3 Å². The summed E-state index contributed by atoms with van der Waals surface area (Å²) < 4.78 is 22.2. The van der Waals surface area contributed by atoms with E-state index in [4.69, 9.17) is 23.8 Å². The van der Waals surface area contributed by atoms with Crippen LogP contribution in [0.1, 0.15) is 58.6 Å². The van der Waals surface area contributed by atoms with Crippen molar-refractivity contribution in [3.05, 3.63) is 90.0 Å². The monoisotopic (exact) mass is 781 g/mol. The van der Waals surface area contributed by atoms with Crippen molar-refractivity contribution in [2.45, 2.75) is 103 Å². The largest absolute Gasteiger partial charge is 0.491 e. The van der Waals surface area contributed by atoms with E-state index in [0.717, 1.165) is 28.5 Å². The number of nitrogens with one attached hydrogen (secondary N) is 2. The van der Waals surface area contributed by atoms with E-state index in [9.17, 15) is 24.6 Å². The van der Waals surface area contributed by atoms with Crippen LogP contribution in [0.25, 0.3) is 11.1 Å². The zero-order valence-corrected chi connectivity index (χ0v) is 34.5. The lowest BCUT2D eigenvalue weighted by atomic mass is 9.89. The van der Waals surface area contributed by atoms with Crippen LogP contribution in [0.3, 0.4) is 0 Å². The van der Waals surface area contributed by atoms with Crippen molar-refractivity contribution in [1.29, 1.82) is 0 Å². The molecule has 3 aromatic rings. The molecule has 0 aliphatic heterocycles. The number of hydrogen-bond acceptors (Lipinski definition) is 10. The van der Waals surface area contributed by atoms with Crippen LogP contribution in [0.4, 0.5) is 14.4 Å². The summed E-state index contributed by atoms with van der Waals surface area (Å²) in [6.45, 7) is 15.7. The van der Waals surface area contributed by atoms with Crippen molar-refractivity contribution in [3.63, 3.8) is 0 Å². The number of carbonyl (C=O) groups excluding carboxylic acids is 3. The molecule has 0 aliphatic rings. The third-order valence-corrected chi connectivity index (χ3v) is 10.1. The molecule has 1 unspecified atom stereocenters. The molecule has 0 saturated heterocycles. The predicted molar refractivity (Wildman–Crippen MR) is 213 cm³/mol. The Morgan fingerprint density at radius 1 is 0.782 bits per heavy atom. The molecule has 1 atom stereocenters. The molecule has 14 heteroatoms. The number of unbranched alkanes of at least 4 members (excludes halogenated alkanes) is 1. The molecule has 13 nitrogen and oxygen atoms in total.